The van der Waals surface area contributed by atoms with Gasteiger partial charge in [-0.15, -0.1) is 11.7 Å². The van der Waals surface area contributed by atoms with Gasteiger partial charge in [-0.3, -0.25) is 0 Å². The van der Waals surface area contributed by atoms with Crippen molar-refractivity contribution in [3.05, 3.63) is 22.7 Å². The second-order valence-electron chi connectivity index (χ2n) is 4.50. The molecule has 96 valence electrons. The van der Waals surface area contributed by atoms with E-state index < -0.39 is 0 Å². The van der Waals surface area contributed by atoms with Crippen LogP contribution in [0.5, 0.6) is 0 Å². The first-order valence-electron chi connectivity index (χ1n) is 6.37. The van der Waals surface area contributed by atoms with Gasteiger partial charge in [0.15, 0.2) is 0 Å². The Balaban J connectivity index is 2.78. The first kappa shape index (κ1) is 14.3. The molecular weight excluding hydrogens is 230 g/mol. The van der Waals surface area contributed by atoms with Gasteiger partial charge in [0.05, 0.1) is 10.6 Å². The maximum Gasteiger partial charge on any atom is 0.0803 e. The van der Waals surface area contributed by atoms with Crippen LogP contribution in [0, 0.1) is 0 Å². The zero-order valence-electron chi connectivity index (χ0n) is 11.1. The molecule has 1 unspecified atom stereocenters. The molecule has 1 rings (SSSR count). The summed E-state index contributed by atoms with van der Waals surface area (Å²) in [6.45, 7) is 11.5. The smallest absolute Gasteiger partial charge is 0.0803 e. The second-order valence-corrected chi connectivity index (χ2v) is 5.29. The van der Waals surface area contributed by atoms with E-state index >= 15 is 0 Å². The van der Waals surface area contributed by atoms with Gasteiger partial charge in [0, 0.05) is 6.04 Å². The van der Waals surface area contributed by atoms with Crippen molar-refractivity contribution >= 4 is 11.5 Å². The molecule has 0 spiro atoms. The lowest BCUT2D eigenvalue weighted by Gasteiger charge is -2.17. The van der Waals surface area contributed by atoms with Crippen LogP contribution in [0.1, 0.15) is 56.6 Å². The van der Waals surface area contributed by atoms with E-state index in [-0.39, 0.29) is 0 Å². The minimum absolute atomic E-state index is 0.342. The largest absolute Gasteiger partial charge is 0.309 e. The molecule has 17 heavy (non-hydrogen) atoms. The second kappa shape index (κ2) is 7.56. The Hall–Kier alpha value is -0.740. The number of aromatic nitrogens is 2. The van der Waals surface area contributed by atoms with E-state index in [1.807, 2.05) is 0 Å². The highest BCUT2D eigenvalue weighted by molar-refractivity contribution is 7.05. The maximum atomic E-state index is 4.24. The summed E-state index contributed by atoms with van der Waals surface area (Å²) in [5.74, 6) is 0. The first-order valence-corrected chi connectivity index (χ1v) is 7.15. The van der Waals surface area contributed by atoms with Crippen molar-refractivity contribution in [3.63, 3.8) is 0 Å². The zero-order chi connectivity index (χ0) is 12.7. The predicted octanol–water partition coefficient (Wildman–Crippen LogP) is 3.50. The van der Waals surface area contributed by atoms with Crippen molar-refractivity contribution in [1.29, 1.82) is 0 Å². The lowest BCUT2D eigenvalue weighted by molar-refractivity contribution is 0.530. The van der Waals surface area contributed by atoms with Gasteiger partial charge in [0.2, 0.25) is 0 Å². The standard InChI is InChI=1S/C13H23N3S/c1-5-7-11-13(17-16-15-11)12(9-10(3)4)14-8-6-2/h12,14H,3,5-9H2,1-2,4H3. The Kier molecular flexibility index (Phi) is 6.37. The van der Waals surface area contributed by atoms with Gasteiger partial charge < -0.3 is 5.32 Å². The molecule has 1 aromatic rings. The Bertz CT molecular complexity index is 346. The normalized spacial score (nSPS) is 12.6. The van der Waals surface area contributed by atoms with E-state index in [1.165, 1.54) is 22.0 Å². The van der Waals surface area contributed by atoms with Crippen LogP contribution in [0.15, 0.2) is 12.2 Å². The van der Waals surface area contributed by atoms with Crippen molar-refractivity contribution in [1.82, 2.24) is 14.9 Å². The van der Waals surface area contributed by atoms with Crippen LogP contribution in [0.3, 0.4) is 0 Å². The van der Waals surface area contributed by atoms with Crippen LogP contribution in [-0.2, 0) is 6.42 Å². The molecule has 0 aliphatic rings. The quantitative estimate of drug-likeness (QED) is 0.721. The van der Waals surface area contributed by atoms with Gasteiger partial charge in [-0.1, -0.05) is 30.3 Å². The molecule has 0 aliphatic heterocycles. The van der Waals surface area contributed by atoms with Gasteiger partial charge in [0.25, 0.3) is 0 Å². The Morgan fingerprint density at radius 3 is 2.76 bits per heavy atom. The monoisotopic (exact) mass is 253 g/mol. The van der Waals surface area contributed by atoms with Crippen LogP contribution < -0.4 is 5.32 Å². The summed E-state index contributed by atoms with van der Waals surface area (Å²) < 4.78 is 4.10. The van der Waals surface area contributed by atoms with E-state index in [1.54, 1.807) is 0 Å². The maximum absolute atomic E-state index is 4.24. The third-order valence-electron chi connectivity index (χ3n) is 2.58. The van der Waals surface area contributed by atoms with Gasteiger partial charge in [-0.25, -0.2) is 0 Å². The number of nitrogens with zero attached hydrogens (tertiary/aromatic N) is 2. The van der Waals surface area contributed by atoms with Crippen molar-refractivity contribution < 1.29 is 0 Å². The highest BCUT2D eigenvalue weighted by Gasteiger charge is 2.18. The number of rotatable bonds is 8. The average molecular weight is 253 g/mol. The Morgan fingerprint density at radius 2 is 2.18 bits per heavy atom. The molecule has 0 saturated carbocycles. The highest BCUT2D eigenvalue weighted by Crippen LogP contribution is 2.26. The molecule has 0 bridgehead atoms. The summed E-state index contributed by atoms with van der Waals surface area (Å²) >= 11 is 1.53. The fourth-order valence-electron chi connectivity index (χ4n) is 1.81. The van der Waals surface area contributed by atoms with Crippen molar-refractivity contribution in [2.75, 3.05) is 6.54 Å². The molecule has 0 aliphatic carbocycles. The Labute approximate surface area is 108 Å². The van der Waals surface area contributed by atoms with Crippen molar-refractivity contribution in [3.8, 4) is 0 Å². The molecule has 1 N–H and O–H groups in total. The molecule has 0 amide bonds. The fraction of sp³-hybridized carbons (Fsp3) is 0.692. The molecule has 1 aromatic heterocycles. The number of hydrogen-bond donors (Lipinski definition) is 1. The number of nitrogens with one attached hydrogen (secondary N) is 1. The minimum atomic E-state index is 0.342. The van der Waals surface area contributed by atoms with E-state index in [4.69, 9.17) is 0 Å². The third-order valence-corrected chi connectivity index (χ3v) is 3.46. The lowest BCUT2D eigenvalue weighted by atomic mass is 10.0. The molecule has 4 heteroatoms. The molecule has 0 saturated heterocycles. The van der Waals surface area contributed by atoms with Gasteiger partial charge in [0.1, 0.15) is 0 Å². The SMILES string of the molecule is C=C(C)CC(NCCC)c1snnc1CCC. The molecule has 0 fully saturated rings. The van der Waals surface area contributed by atoms with Crippen LogP contribution in [0.25, 0.3) is 0 Å². The Morgan fingerprint density at radius 1 is 1.41 bits per heavy atom. The van der Waals surface area contributed by atoms with Crippen LogP contribution in [-0.4, -0.2) is 16.1 Å². The van der Waals surface area contributed by atoms with Gasteiger partial charge >= 0.3 is 0 Å². The fourth-order valence-corrected chi connectivity index (χ4v) is 2.58. The minimum Gasteiger partial charge on any atom is -0.309 e. The summed E-state index contributed by atoms with van der Waals surface area (Å²) in [5.41, 5.74) is 2.36. The molecule has 3 nitrogen and oxygen atoms in total. The summed E-state index contributed by atoms with van der Waals surface area (Å²) in [7, 11) is 0. The molecular formula is C13H23N3S. The zero-order valence-corrected chi connectivity index (χ0v) is 11.9. The molecule has 1 atom stereocenters. The summed E-state index contributed by atoms with van der Waals surface area (Å²) in [6.07, 6.45) is 4.25. The van der Waals surface area contributed by atoms with Crippen LogP contribution in [0.4, 0.5) is 0 Å². The first-order chi connectivity index (χ1) is 8.19. The highest BCUT2D eigenvalue weighted by atomic mass is 32.1. The van der Waals surface area contributed by atoms with Crippen molar-refractivity contribution in [2.45, 2.75) is 52.5 Å². The van der Waals surface area contributed by atoms with Gasteiger partial charge in [-0.05, 0) is 44.3 Å². The van der Waals surface area contributed by atoms with E-state index in [0.29, 0.717) is 6.04 Å². The molecule has 1 heterocycles. The molecule has 0 radical (unpaired) electrons. The lowest BCUT2D eigenvalue weighted by Crippen LogP contribution is -2.22. The number of aryl methyl sites for hydroxylation is 1. The van der Waals surface area contributed by atoms with Crippen LogP contribution in [0.2, 0.25) is 0 Å². The van der Waals surface area contributed by atoms with Gasteiger partial charge in [-0.2, -0.15) is 0 Å². The van der Waals surface area contributed by atoms with E-state index in [0.717, 1.165) is 37.9 Å². The average Bonchev–Trinajstić information content (AvgIpc) is 2.72. The van der Waals surface area contributed by atoms with E-state index in [9.17, 15) is 0 Å². The molecule has 0 aromatic carbocycles. The van der Waals surface area contributed by atoms with Crippen LogP contribution >= 0.6 is 11.5 Å². The van der Waals surface area contributed by atoms with Crippen molar-refractivity contribution in [2.24, 2.45) is 0 Å². The summed E-state index contributed by atoms with van der Waals surface area (Å²) in [5, 5.41) is 7.81. The predicted molar refractivity (Wildman–Crippen MR) is 74.4 cm³/mol. The van der Waals surface area contributed by atoms with E-state index in [2.05, 4.69) is 42.3 Å². The third kappa shape index (κ3) is 4.56. The summed E-state index contributed by atoms with van der Waals surface area (Å²) in [6, 6.07) is 0.342. The number of hydrogen-bond acceptors (Lipinski definition) is 4. The topological polar surface area (TPSA) is 37.8 Å². The summed E-state index contributed by atoms with van der Waals surface area (Å²) in [4.78, 5) is 1.29.